The first kappa shape index (κ1) is 11.0. The van der Waals surface area contributed by atoms with Gasteiger partial charge in [-0.25, -0.2) is 15.0 Å². The molecular formula is C11H14N4S. The summed E-state index contributed by atoms with van der Waals surface area (Å²) in [6, 6.07) is 1.92. The van der Waals surface area contributed by atoms with Gasteiger partial charge in [-0.3, -0.25) is 0 Å². The molecule has 2 aromatic rings. The molecule has 2 heterocycles. The third kappa shape index (κ3) is 2.04. The van der Waals surface area contributed by atoms with Gasteiger partial charge in [0.2, 0.25) is 5.95 Å². The molecular weight excluding hydrogens is 220 g/mol. The van der Waals surface area contributed by atoms with Crippen LogP contribution in [-0.2, 0) is 0 Å². The Kier molecular flexibility index (Phi) is 2.87. The third-order valence-electron chi connectivity index (χ3n) is 2.18. The molecule has 0 N–H and O–H groups in total. The molecule has 0 aliphatic rings. The van der Waals surface area contributed by atoms with Crippen LogP contribution in [0, 0.1) is 13.8 Å². The highest BCUT2D eigenvalue weighted by Gasteiger charge is 2.10. The minimum atomic E-state index is 0.725. The minimum absolute atomic E-state index is 0.725. The van der Waals surface area contributed by atoms with Gasteiger partial charge in [0.05, 0.1) is 21.3 Å². The lowest BCUT2D eigenvalue weighted by Crippen LogP contribution is -2.12. The summed E-state index contributed by atoms with van der Waals surface area (Å²) < 4.78 is 0. The van der Waals surface area contributed by atoms with Crippen LogP contribution in [0.15, 0.2) is 12.3 Å². The molecule has 0 bridgehead atoms. The van der Waals surface area contributed by atoms with Crippen molar-refractivity contribution in [1.29, 1.82) is 0 Å². The van der Waals surface area contributed by atoms with Gasteiger partial charge in [-0.05, 0) is 19.9 Å². The molecule has 0 saturated heterocycles. The number of rotatable bonds is 2. The number of aryl methyl sites for hydroxylation is 2. The molecule has 84 valence electrons. The average Bonchev–Trinajstić information content (AvgIpc) is 2.58. The number of nitrogens with zero attached hydrogens (tertiary/aromatic N) is 4. The molecule has 2 aromatic heterocycles. The SMILES string of the molecule is Cc1nc(C)c(-c2ccnc(N(C)C)n2)s1. The fourth-order valence-corrected chi connectivity index (χ4v) is 2.35. The molecule has 2 rings (SSSR count). The first-order valence-electron chi connectivity index (χ1n) is 5.02. The molecule has 0 spiro atoms. The second kappa shape index (κ2) is 4.17. The fraction of sp³-hybridized carbons (Fsp3) is 0.364. The predicted molar refractivity (Wildman–Crippen MR) is 66.9 cm³/mol. The van der Waals surface area contributed by atoms with Crippen molar-refractivity contribution >= 4 is 17.3 Å². The van der Waals surface area contributed by atoms with Crippen LogP contribution in [-0.4, -0.2) is 29.0 Å². The van der Waals surface area contributed by atoms with E-state index < -0.39 is 0 Å². The minimum Gasteiger partial charge on any atom is -0.347 e. The van der Waals surface area contributed by atoms with Gasteiger partial charge >= 0.3 is 0 Å². The van der Waals surface area contributed by atoms with Crippen LogP contribution < -0.4 is 4.90 Å². The Labute approximate surface area is 99.0 Å². The normalized spacial score (nSPS) is 10.5. The van der Waals surface area contributed by atoms with E-state index in [1.165, 1.54) is 0 Å². The molecule has 0 fully saturated rings. The lowest BCUT2D eigenvalue weighted by molar-refractivity contribution is 1.00. The van der Waals surface area contributed by atoms with Gasteiger partial charge < -0.3 is 4.90 Å². The first-order valence-corrected chi connectivity index (χ1v) is 5.84. The predicted octanol–water partition coefficient (Wildman–Crippen LogP) is 2.28. The van der Waals surface area contributed by atoms with Crippen molar-refractivity contribution in [1.82, 2.24) is 15.0 Å². The summed E-state index contributed by atoms with van der Waals surface area (Å²) in [5.74, 6) is 0.725. The Morgan fingerprint density at radius 3 is 2.50 bits per heavy atom. The van der Waals surface area contributed by atoms with Gasteiger partial charge in [0.25, 0.3) is 0 Å². The van der Waals surface area contributed by atoms with Crippen LogP contribution in [0.25, 0.3) is 10.6 Å². The van der Waals surface area contributed by atoms with Crippen LogP contribution >= 0.6 is 11.3 Å². The fourth-order valence-electron chi connectivity index (χ4n) is 1.46. The monoisotopic (exact) mass is 234 g/mol. The van der Waals surface area contributed by atoms with Gasteiger partial charge in [-0.1, -0.05) is 0 Å². The molecule has 0 aliphatic heterocycles. The number of thiazole rings is 1. The largest absolute Gasteiger partial charge is 0.347 e. The molecule has 16 heavy (non-hydrogen) atoms. The molecule has 0 aliphatic carbocycles. The van der Waals surface area contributed by atoms with E-state index in [1.54, 1.807) is 17.5 Å². The second-order valence-electron chi connectivity index (χ2n) is 3.78. The Bertz CT molecular complexity index is 504. The Morgan fingerprint density at radius 2 is 1.94 bits per heavy atom. The topological polar surface area (TPSA) is 41.9 Å². The Morgan fingerprint density at radius 1 is 1.19 bits per heavy atom. The van der Waals surface area contributed by atoms with Crippen LogP contribution in [0.1, 0.15) is 10.7 Å². The van der Waals surface area contributed by atoms with Crippen LogP contribution in [0.3, 0.4) is 0 Å². The number of anilines is 1. The average molecular weight is 234 g/mol. The van der Waals surface area contributed by atoms with Gasteiger partial charge in [0, 0.05) is 20.3 Å². The van der Waals surface area contributed by atoms with Crippen molar-refractivity contribution in [3.63, 3.8) is 0 Å². The third-order valence-corrected chi connectivity index (χ3v) is 3.27. The molecule has 4 nitrogen and oxygen atoms in total. The second-order valence-corrected chi connectivity index (χ2v) is 4.99. The molecule has 0 amide bonds. The van der Waals surface area contributed by atoms with E-state index in [0.717, 1.165) is 27.2 Å². The van der Waals surface area contributed by atoms with Crippen molar-refractivity contribution in [2.24, 2.45) is 0 Å². The van der Waals surface area contributed by atoms with Crippen LogP contribution in [0.2, 0.25) is 0 Å². The highest BCUT2D eigenvalue weighted by atomic mass is 32.1. The van der Waals surface area contributed by atoms with Crippen molar-refractivity contribution < 1.29 is 0 Å². The quantitative estimate of drug-likeness (QED) is 0.799. The van der Waals surface area contributed by atoms with Crippen LogP contribution in [0.5, 0.6) is 0 Å². The zero-order valence-electron chi connectivity index (χ0n) is 9.85. The molecule has 0 radical (unpaired) electrons. The summed E-state index contributed by atoms with van der Waals surface area (Å²) in [7, 11) is 3.87. The number of hydrogen-bond acceptors (Lipinski definition) is 5. The van der Waals surface area contributed by atoms with Gasteiger partial charge in [0.15, 0.2) is 0 Å². The number of hydrogen-bond donors (Lipinski definition) is 0. The summed E-state index contributed by atoms with van der Waals surface area (Å²) in [5, 5.41) is 1.07. The maximum absolute atomic E-state index is 4.50. The van der Waals surface area contributed by atoms with Crippen molar-refractivity contribution in [3.05, 3.63) is 23.0 Å². The van der Waals surface area contributed by atoms with Gasteiger partial charge in [-0.15, -0.1) is 11.3 Å². The zero-order chi connectivity index (χ0) is 11.7. The van der Waals surface area contributed by atoms with E-state index in [0.29, 0.717) is 0 Å². The smallest absolute Gasteiger partial charge is 0.225 e. The maximum Gasteiger partial charge on any atom is 0.225 e. The molecule has 5 heteroatoms. The number of aromatic nitrogens is 3. The van der Waals surface area contributed by atoms with E-state index in [4.69, 9.17) is 0 Å². The van der Waals surface area contributed by atoms with Crippen molar-refractivity contribution in [3.8, 4) is 10.6 Å². The van der Waals surface area contributed by atoms with E-state index in [9.17, 15) is 0 Å². The van der Waals surface area contributed by atoms with E-state index in [-0.39, 0.29) is 0 Å². The standard InChI is InChI=1S/C11H14N4S/c1-7-10(16-8(2)13-7)9-5-6-12-11(14-9)15(3)4/h5-6H,1-4H3. The summed E-state index contributed by atoms with van der Waals surface area (Å²) >= 11 is 1.67. The van der Waals surface area contributed by atoms with Crippen LogP contribution in [0.4, 0.5) is 5.95 Å². The first-order chi connectivity index (χ1) is 7.58. The molecule has 0 saturated carbocycles. The van der Waals surface area contributed by atoms with E-state index in [1.807, 2.05) is 38.9 Å². The maximum atomic E-state index is 4.50. The molecule has 0 aromatic carbocycles. The molecule has 0 atom stereocenters. The highest BCUT2D eigenvalue weighted by Crippen LogP contribution is 2.28. The summed E-state index contributed by atoms with van der Waals surface area (Å²) in [6.07, 6.45) is 1.78. The Hall–Kier alpha value is -1.49. The highest BCUT2D eigenvalue weighted by molar-refractivity contribution is 7.15. The summed E-state index contributed by atoms with van der Waals surface area (Å²) in [4.78, 5) is 16.1. The zero-order valence-corrected chi connectivity index (χ0v) is 10.7. The van der Waals surface area contributed by atoms with Gasteiger partial charge in [-0.2, -0.15) is 0 Å². The van der Waals surface area contributed by atoms with E-state index >= 15 is 0 Å². The van der Waals surface area contributed by atoms with E-state index in [2.05, 4.69) is 15.0 Å². The van der Waals surface area contributed by atoms with Gasteiger partial charge in [0.1, 0.15) is 0 Å². The van der Waals surface area contributed by atoms with Crippen molar-refractivity contribution in [2.75, 3.05) is 19.0 Å². The lowest BCUT2D eigenvalue weighted by atomic mass is 10.3. The summed E-state index contributed by atoms with van der Waals surface area (Å²) in [5.41, 5.74) is 1.98. The lowest BCUT2D eigenvalue weighted by Gasteiger charge is -2.10. The van der Waals surface area contributed by atoms with Crippen molar-refractivity contribution in [2.45, 2.75) is 13.8 Å². The summed E-state index contributed by atoms with van der Waals surface area (Å²) in [6.45, 7) is 4.02. The Balaban J connectivity index is 2.48. The molecule has 0 unspecified atom stereocenters.